The second kappa shape index (κ2) is 5.96. The maximum Gasteiger partial charge on any atom is 0.501 e. The topological polar surface area (TPSA) is 90.9 Å². The molecule has 0 aliphatic rings. The van der Waals surface area contributed by atoms with E-state index < -0.39 is 20.2 Å². The monoisotopic (exact) mass is 380 g/mol. The van der Waals surface area contributed by atoms with Gasteiger partial charge in [0, 0.05) is 10.3 Å². The van der Waals surface area contributed by atoms with Crippen molar-refractivity contribution < 1.29 is 21.6 Å². The van der Waals surface area contributed by atoms with Gasteiger partial charge in [-0.3, -0.25) is 0 Å². The largest absolute Gasteiger partial charge is 0.501 e. The fraction of sp³-hybridized carbons (Fsp3) is 0.385. The van der Waals surface area contributed by atoms with Crippen LogP contribution in [0.15, 0.2) is 39.2 Å². The van der Waals surface area contributed by atoms with E-state index in [9.17, 15) is 21.6 Å². The van der Waals surface area contributed by atoms with E-state index in [0.29, 0.717) is 15.9 Å². The zero-order valence-electron chi connectivity index (χ0n) is 13.0. The Morgan fingerprint density at radius 3 is 2.04 bits per heavy atom. The zero-order chi connectivity index (χ0) is 18.3. The highest BCUT2D eigenvalue weighted by atomic mass is 32.2. The number of benzene rings is 1. The van der Waals surface area contributed by atoms with Crippen molar-refractivity contribution in [2.45, 2.75) is 46.6 Å². The molecule has 0 unspecified atom stereocenters. The van der Waals surface area contributed by atoms with Crippen LogP contribution in [0.4, 0.5) is 13.2 Å². The molecular formula is C13H15F3N4O2S2. The molecule has 6 nitrogen and oxygen atoms in total. The molecule has 0 radical (unpaired) electrons. The number of nitrogens with zero attached hydrogens (tertiary/aromatic N) is 3. The standard InChI is InChI=1S/C13H15F3N4O2S2/c1-12(2,3)10-18-19-11(20(10)17)23-8-4-6-9(7-5-8)24(21,22)13(14,15)16/h4-7H,17H2,1-3H3. The first kappa shape index (κ1) is 18.6. The number of hydrogen-bond donors (Lipinski definition) is 1. The minimum atomic E-state index is -5.36. The second-order valence-corrected chi connectivity index (χ2v) is 8.93. The molecule has 0 spiro atoms. The van der Waals surface area contributed by atoms with Gasteiger partial charge in [0.15, 0.2) is 5.82 Å². The zero-order valence-corrected chi connectivity index (χ0v) is 14.6. The molecule has 2 rings (SSSR count). The summed E-state index contributed by atoms with van der Waals surface area (Å²) in [5.41, 5.74) is -5.66. The summed E-state index contributed by atoms with van der Waals surface area (Å²) in [6, 6.07) is 4.31. The molecule has 0 bridgehead atoms. The Morgan fingerprint density at radius 1 is 1.08 bits per heavy atom. The van der Waals surface area contributed by atoms with E-state index in [1.807, 2.05) is 20.8 Å². The highest BCUT2D eigenvalue weighted by molar-refractivity contribution is 7.99. The number of alkyl halides is 3. The van der Waals surface area contributed by atoms with Crippen molar-refractivity contribution in [3.63, 3.8) is 0 Å². The second-order valence-electron chi connectivity index (χ2n) is 5.95. The van der Waals surface area contributed by atoms with Crippen molar-refractivity contribution >= 4 is 21.6 Å². The Kier molecular flexibility index (Phi) is 4.61. The van der Waals surface area contributed by atoms with Gasteiger partial charge in [-0.15, -0.1) is 10.2 Å². The third-order valence-electron chi connectivity index (χ3n) is 2.98. The summed E-state index contributed by atoms with van der Waals surface area (Å²) in [4.78, 5) is -0.334. The van der Waals surface area contributed by atoms with Gasteiger partial charge < -0.3 is 5.84 Å². The van der Waals surface area contributed by atoms with Gasteiger partial charge in [-0.2, -0.15) is 13.2 Å². The van der Waals surface area contributed by atoms with E-state index in [4.69, 9.17) is 5.84 Å². The average Bonchev–Trinajstić information content (AvgIpc) is 2.79. The molecule has 2 aromatic rings. The Balaban J connectivity index is 2.27. The Hall–Kier alpha value is -1.75. The molecule has 1 heterocycles. The van der Waals surface area contributed by atoms with Crippen molar-refractivity contribution in [2.75, 3.05) is 5.84 Å². The maximum atomic E-state index is 12.5. The first-order chi connectivity index (χ1) is 10.8. The van der Waals surface area contributed by atoms with Crippen LogP contribution in [0.2, 0.25) is 0 Å². The van der Waals surface area contributed by atoms with Gasteiger partial charge in [0.05, 0.1) is 4.90 Å². The molecule has 0 saturated heterocycles. The molecule has 0 aliphatic carbocycles. The molecular weight excluding hydrogens is 365 g/mol. The van der Waals surface area contributed by atoms with Crippen molar-refractivity contribution in [1.29, 1.82) is 0 Å². The Labute approximate surface area is 141 Å². The number of halogens is 3. The molecule has 0 saturated carbocycles. The summed E-state index contributed by atoms with van der Waals surface area (Å²) in [6.45, 7) is 5.73. The number of sulfone groups is 1. The molecule has 132 valence electrons. The van der Waals surface area contributed by atoms with Crippen molar-refractivity contribution in [2.24, 2.45) is 0 Å². The van der Waals surface area contributed by atoms with E-state index in [1.54, 1.807) is 0 Å². The third-order valence-corrected chi connectivity index (χ3v) is 5.45. The lowest BCUT2D eigenvalue weighted by molar-refractivity contribution is -0.0436. The number of rotatable bonds is 3. The summed E-state index contributed by atoms with van der Waals surface area (Å²) >= 11 is 1.07. The fourth-order valence-corrected chi connectivity index (χ4v) is 3.30. The number of hydrogen-bond acceptors (Lipinski definition) is 6. The number of nitrogens with two attached hydrogens (primary N) is 1. The third kappa shape index (κ3) is 3.51. The molecule has 1 aromatic heterocycles. The van der Waals surface area contributed by atoms with Gasteiger partial charge in [-0.25, -0.2) is 13.1 Å². The normalized spacial score (nSPS) is 13.2. The predicted molar refractivity (Wildman–Crippen MR) is 82.7 cm³/mol. The van der Waals surface area contributed by atoms with Crippen LogP contribution in [-0.2, 0) is 15.3 Å². The molecule has 0 aliphatic heterocycles. The molecule has 24 heavy (non-hydrogen) atoms. The molecule has 0 atom stereocenters. The van der Waals surface area contributed by atoms with Crippen molar-refractivity contribution in [3.05, 3.63) is 30.1 Å². The van der Waals surface area contributed by atoms with Crippen LogP contribution in [0.5, 0.6) is 0 Å². The summed E-state index contributed by atoms with van der Waals surface area (Å²) in [5, 5.41) is 8.27. The highest BCUT2D eigenvalue weighted by Gasteiger charge is 2.46. The van der Waals surface area contributed by atoms with Crippen LogP contribution in [0.25, 0.3) is 0 Å². The minimum absolute atomic E-state index is 0.328. The highest BCUT2D eigenvalue weighted by Crippen LogP contribution is 2.33. The van der Waals surface area contributed by atoms with Gasteiger partial charge in [0.25, 0.3) is 9.84 Å². The van der Waals surface area contributed by atoms with E-state index in [1.165, 1.54) is 16.8 Å². The lowest BCUT2D eigenvalue weighted by Gasteiger charge is -2.16. The van der Waals surface area contributed by atoms with Gasteiger partial charge >= 0.3 is 5.51 Å². The first-order valence-corrected chi connectivity index (χ1v) is 8.94. The van der Waals surface area contributed by atoms with Crippen LogP contribution < -0.4 is 5.84 Å². The lowest BCUT2D eigenvalue weighted by atomic mass is 9.96. The SMILES string of the molecule is CC(C)(C)c1nnc(Sc2ccc(S(=O)(=O)C(F)(F)F)cc2)n1N. The smallest absolute Gasteiger partial charge is 0.336 e. The van der Waals surface area contributed by atoms with Crippen molar-refractivity contribution in [3.8, 4) is 0 Å². The van der Waals surface area contributed by atoms with Crippen LogP contribution in [0, 0.1) is 0 Å². The van der Waals surface area contributed by atoms with E-state index in [2.05, 4.69) is 10.2 Å². The summed E-state index contributed by atoms with van der Waals surface area (Å²) in [7, 11) is -5.36. The summed E-state index contributed by atoms with van der Waals surface area (Å²) < 4.78 is 61.4. The maximum absolute atomic E-state index is 12.5. The summed E-state index contributed by atoms with van der Waals surface area (Å²) in [5.74, 6) is 6.46. The predicted octanol–water partition coefficient (Wildman–Crippen LogP) is 2.73. The quantitative estimate of drug-likeness (QED) is 0.824. The minimum Gasteiger partial charge on any atom is -0.336 e. The molecule has 0 fully saturated rings. The van der Waals surface area contributed by atoms with E-state index >= 15 is 0 Å². The van der Waals surface area contributed by atoms with E-state index in [-0.39, 0.29) is 5.41 Å². The summed E-state index contributed by atoms with van der Waals surface area (Å²) in [6.07, 6.45) is 0. The van der Waals surface area contributed by atoms with E-state index in [0.717, 1.165) is 23.9 Å². The van der Waals surface area contributed by atoms with Crippen LogP contribution in [0.3, 0.4) is 0 Å². The van der Waals surface area contributed by atoms with Crippen molar-refractivity contribution in [1.82, 2.24) is 14.9 Å². The van der Waals surface area contributed by atoms with Crippen LogP contribution in [0.1, 0.15) is 26.6 Å². The number of aromatic nitrogens is 3. The Bertz CT molecular complexity index is 838. The molecule has 11 heteroatoms. The first-order valence-electron chi connectivity index (χ1n) is 6.64. The van der Waals surface area contributed by atoms with Crippen LogP contribution >= 0.6 is 11.8 Å². The Morgan fingerprint density at radius 2 is 1.62 bits per heavy atom. The van der Waals surface area contributed by atoms with Gasteiger partial charge in [0.1, 0.15) is 0 Å². The van der Waals surface area contributed by atoms with Gasteiger partial charge in [-0.1, -0.05) is 20.8 Å². The molecule has 1 aromatic carbocycles. The van der Waals surface area contributed by atoms with Gasteiger partial charge in [0.2, 0.25) is 5.16 Å². The van der Waals surface area contributed by atoms with Gasteiger partial charge in [-0.05, 0) is 36.0 Å². The fourth-order valence-electron chi connectivity index (χ4n) is 1.78. The average molecular weight is 380 g/mol. The number of nitrogen functional groups attached to an aromatic ring is 1. The lowest BCUT2D eigenvalue weighted by Crippen LogP contribution is -2.24. The molecule has 2 N–H and O–H groups in total. The molecule has 0 amide bonds. The van der Waals surface area contributed by atoms with Crippen LogP contribution in [-0.4, -0.2) is 28.8 Å².